The largest absolute Gasteiger partial charge is 0.497 e. The lowest BCUT2D eigenvalue weighted by Gasteiger charge is -2.20. The summed E-state index contributed by atoms with van der Waals surface area (Å²) in [6.45, 7) is 1.54. The molecule has 7 nitrogen and oxygen atoms in total. The van der Waals surface area contributed by atoms with E-state index in [1.165, 1.54) is 6.92 Å². The predicted octanol–water partition coefficient (Wildman–Crippen LogP) is 5.25. The molecule has 176 valence electrons. The van der Waals surface area contributed by atoms with Gasteiger partial charge in [-0.05, 0) is 24.3 Å². The molecule has 1 aliphatic rings. The fraction of sp³-hybridized carbons (Fsp3) is 0.179. The van der Waals surface area contributed by atoms with Gasteiger partial charge < -0.3 is 9.47 Å². The van der Waals surface area contributed by atoms with Crippen molar-refractivity contribution in [3.8, 4) is 28.4 Å². The number of carbonyl (C=O) groups excluding carboxylic acids is 1. The summed E-state index contributed by atoms with van der Waals surface area (Å²) in [5.41, 5.74) is 5.29. The van der Waals surface area contributed by atoms with Crippen LogP contribution in [0.25, 0.3) is 16.9 Å². The van der Waals surface area contributed by atoms with E-state index in [9.17, 15) is 4.79 Å². The van der Waals surface area contributed by atoms with Gasteiger partial charge in [-0.15, -0.1) is 0 Å². The van der Waals surface area contributed by atoms with Crippen molar-refractivity contribution in [1.29, 1.82) is 0 Å². The average molecular weight is 467 g/mol. The molecule has 3 aromatic carbocycles. The number of benzene rings is 3. The molecule has 1 aromatic heterocycles. The van der Waals surface area contributed by atoms with Crippen LogP contribution in [0.4, 0.5) is 0 Å². The molecule has 0 saturated carbocycles. The molecule has 0 fully saturated rings. The number of amides is 1. The Kier molecular flexibility index (Phi) is 6.06. The molecule has 1 aliphatic heterocycles. The van der Waals surface area contributed by atoms with Gasteiger partial charge in [-0.2, -0.15) is 10.2 Å². The number of hydrogen-bond acceptors (Lipinski definition) is 5. The van der Waals surface area contributed by atoms with E-state index in [1.807, 2.05) is 89.7 Å². The smallest absolute Gasteiger partial charge is 0.240 e. The SMILES string of the molecule is COc1ccc(C2=NN(C(C)=O)C(c3cn(-c4ccccc4)nc3-c3ccccc3)C2)c(OC)c1. The van der Waals surface area contributed by atoms with Crippen molar-refractivity contribution in [2.24, 2.45) is 5.10 Å². The second-order valence-corrected chi connectivity index (χ2v) is 8.28. The first-order chi connectivity index (χ1) is 17.1. The van der Waals surface area contributed by atoms with Gasteiger partial charge in [-0.3, -0.25) is 4.79 Å². The van der Waals surface area contributed by atoms with Crippen molar-refractivity contribution >= 4 is 11.6 Å². The van der Waals surface area contributed by atoms with Crippen LogP contribution in [0.3, 0.4) is 0 Å². The molecule has 2 heterocycles. The molecule has 0 N–H and O–H groups in total. The van der Waals surface area contributed by atoms with Crippen LogP contribution in [-0.2, 0) is 4.79 Å². The number of ether oxygens (including phenoxy) is 2. The maximum Gasteiger partial charge on any atom is 0.240 e. The van der Waals surface area contributed by atoms with E-state index >= 15 is 0 Å². The quantitative estimate of drug-likeness (QED) is 0.389. The first-order valence-electron chi connectivity index (χ1n) is 11.4. The molecule has 35 heavy (non-hydrogen) atoms. The van der Waals surface area contributed by atoms with Gasteiger partial charge in [0.25, 0.3) is 0 Å². The van der Waals surface area contributed by atoms with Crippen LogP contribution in [0.5, 0.6) is 11.5 Å². The topological polar surface area (TPSA) is 69.0 Å². The maximum atomic E-state index is 12.7. The normalized spacial score (nSPS) is 15.1. The zero-order valence-corrected chi connectivity index (χ0v) is 19.9. The highest BCUT2D eigenvalue weighted by atomic mass is 16.5. The van der Waals surface area contributed by atoms with Gasteiger partial charge in [0.1, 0.15) is 11.5 Å². The highest BCUT2D eigenvalue weighted by molar-refractivity contribution is 6.05. The Morgan fingerprint density at radius 3 is 2.31 bits per heavy atom. The van der Waals surface area contributed by atoms with Crippen LogP contribution in [0.15, 0.2) is 90.2 Å². The number of hydrazone groups is 1. The molecule has 0 radical (unpaired) electrons. The van der Waals surface area contributed by atoms with Crippen LogP contribution in [-0.4, -0.2) is 40.6 Å². The molecule has 0 bridgehead atoms. The predicted molar refractivity (Wildman–Crippen MR) is 135 cm³/mol. The van der Waals surface area contributed by atoms with Gasteiger partial charge in [-0.25, -0.2) is 9.69 Å². The Morgan fingerprint density at radius 1 is 0.943 bits per heavy atom. The van der Waals surface area contributed by atoms with Crippen LogP contribution in [0.1, 0.15) is 30.5 Å². The number of aromatic nitrogens is 2. The summed E-state index contributed by atoms with van der Waals surface area (Å²) in [4.78, 5) is 12.7. The maximum absolute atomic E-state index is 12.7. The van der Waals surface area contributed by atoms with Crippen LogP contribution in [0, 0.1) is 0 Å². The molecular formula is C28H26N4O3. The molecule has 7 heteroatoms. The number of methoxy groups -OCH3 is 2. The van der Waals surface area contributed by atoms with Crippen molar-refractivity contribution in [2.75, 3.05) is 14.2 Å². The summed E-state index contributed by atoms with van der Waals surface area (Å²) in [7, 11) is 3.23. The third-order valence-corrected chi connectivity index (χ3v) is 6.12. The lowest BCUT2D eigenvalue weighted by atomic mass is 9.96. The van der Waals surface area contributed by atoms with Crippen molar-refractivity contribution in [1.82, 2.24) is 14.8 Å². The van der Waals surface area contributed by atoms with Crippen LogP contribution in [0.2, 0.25) is 0 Å². The molecule has 1 unspecified atom stereocenters. The van der Waals surface area contributed by atoms with Gasteiger partial charge in [-0.1, -0.05) is 48.5 Å². The van der Waals surface area contributed by atoms with Crippen LogP contribution < -0.4 is 9.47 Å². The van der Waals surface area contributed by atoms with E-state index in [4.69, 9.17) is 19.7 Å². The lowest BCUT2D eigenvalue weighted by Crippen LogP contribution is -2.24. The Morgan fingerprint density at radius 2 is 1.66 bits per heavy atom. The molecule has 1 atom stereocenters. The summed E-state index contributed by atoms with van der Waals surface area (Å²) in [5, 5.41) is 11.2. The van der Waals surface area contributed by atoms with E-state index < -0.39 is 0 Å². The standard InChI is InChI=1S/C28H26N4O3/c1-19(33)32-26(17-25(29-32)23-15-14-22(34-2)16-27(23)35-3)24-18-31(21-12-8-5-9-13-21)30-28(24)20-10-6-4-7-11-20/h4-16,18,26H,17H2,1-3H3. The second kappa shape index (κ2) is 9.46. The Labute approximate surface area is 204 Å². The van der Waals surface area contributed by atoms with E-state index in [0.717, 1.165) is 33.8 Å². The number of carbonyl (C=O) groups is 1. The number of rotatable bonds is 6. The van der Waals surface area contributed by atoms with Crippen molar-refractivity contribution in [2.45, 2.75) is 19.4 Å². The summed E-state index contributed by atoms with van der Waals surface area (Å²) >= 11 is 0. The lowest BCUT2D eigenvalue weighted by molar-refractivity contribution is -0.130. The number of para-hydroxylation sites is 1. The summed E-state index contributed by atoms with van der Waals surface area (Å²) in [5.74, 6) is 1.21. The Hall–Kier alpha value is -4.39. The van der Waals surface area contributed by atoms with E-state index in [-0.39, 0.29) is 11.9 Å². The van der Waals surface area contributed by atoms with Gasteiger partial charge in [0, 0.05) is 42.3 Å². The zero-order chi connectivity index (χ0) is 24.4. The van der Waals surface area contributed by atoms with E-state index in [1.54, 1.807) is 19.2 Å². The second-order valence-electron chi connectivity index (χ2n) is 8.28. The molecule has 0 saturated heterocycles. The van der Waals surface area contributed by atoms with E-state index in [2.05, 4.69) is 0 Å². The first kappa shape index (κ1) is 22.4. The highest BCUT2D eigenvalue weighted by Gasteiger charge is 2.35. The molecule has 0 aliphatic carbocycles. The molecule has 5 rings (SSSR count). The minimum Gasteiger partial charge on any atom is -0.497 e. The molecule has 0 spiro atoms. The van der Waals surface area contributed by atoms with E-state index in [0.29, 0.717) is 17.9 Å². The van der Waals surface area contributed by atoms with Gasteiger partial charge >= 0.3 is 0 Å². The van der Waals surface area contributed by atoms with Crippen molar-refractivity contribution < 1.29 is 14.3 Å². The monoisotopic (exact) mass is 466 g/mol. The minimum absolute atomic E-state index is 0.135. The molecule has 1 amide bonds. The van der Waals surface area contributed by atoms with Crippen molar-refractivity contribution in [3.05, 3.63) is 96.2 Å². The Balaban J connectivity index is 1.60. The average Bonchev–Trinajstić information content (AvgIpc) is 3.54. The molecule has 4 aromatic rings. The summed E-state index contributed by atoms with van der Waals surface area (Å²) < 4.78 is 12.8. The highest BCUT2D eigenvalue weighted by Crippen LogP contribution is 2.40. The van der Waals surface area contributed by atoms with Gasteiger partial charge in [0.15, 0.2) is 0 Å². The minimum atomic E-state index is -0.304. The van der Waals surface area contributed by atoms with Crippen molar-refractivity contribution in [3.63, 3.8) is 0 Å². The zero-order valence-electron chi connectivity index (χ0n) is 19.9. The fourth-order valence-electron chi connectivity index (χ4n) is 4.41. The van der Waals surface area contributed by atoms with Crippen LogP contribution >= 0.6 is 0 Å². The first-order valence-corrected chi connectivity index (χ1v) is 11.4. The third-order valence-electron chi connectivity index (χ3n) is 6.12. The van der Waals surface area contributed by atoms with Gasteiger partial charge in [0.05, 0.1) is 37.4 Å². The third kappa shape index (κ3) is 4.28. The summed E-state index contributed by atoms with van der Waals surface area (Å²) in [6, 6.07) is 25.3. The summed E-state index contributed by atoms with van der Waals surface area (Å²) in [6.07, 6.45) is 2.53. The number of hydrogen-bond donors (Lipinski definition) is 0. The number of nitrogens with zero attached hydrogens (tertiary/aromatic N) is 4. The molecular weight excluding hydrogens is 440 g/mol. The Bertz CT molecular complexity index is 1380. The fourth-order valence-corrected chi connectivity index (χ4v) is 4.41. The van der Waals surface area contributed by atoms with Gasteiger partial charge in [0.2, 0.25) is 5.91 Å².